The summed E-state index contributed by atoms with van der Waals surface area (Å²) in [6.45, 7) is 0. The summed E-state index contributed by atoms with van der Waals surface area (Å²) in [5, 5.41) is 0. The van der Waals surface area contributed by atoms with E-state index in [1.54, 1.807) is 0 Å². The van der Waals surface area contributed by atoms with Crippen LogP contribution in [0.15, 0.2) is 0 Å². The molecule has 0 bridgehead atoms. The lowest BCUT2D eigenvalue weighted by Crippen LogP contribution is -2.17. The van der Waals surface area contributed by atoms with Crippen LogP contribution < -0.4 is 5.73 Å². The number of carbonyl (C=O) groups excluding carboxylic acids is 5. The van der Waals surface area contributed by atoms with E-state index in [-0.39, 0.29) is 68.1 Å². The van der Waals surface area contributed by atoms with Gasteiger partial charge in [0.05, 0.1) is 6.42 Å². The minimum Gasteiger partial charge on any atom is -0.369 e. The molecule has 0 aliphatic rings. The number of rotatable bonds is 13. The molecule has 2 N–H and O–H groups in total. The maximum Gasteiger partial charge on any atom is 0.224 e. The van der Waals surface area contributed by atoms with Crippen molar-refractivity contribution in [2.45, 2.75) is 51.4 Å². The highest BCUT2D eigenvalue weighted by molar-refractivity contribution is 14.1. The van der Waals surface area contributed by atoms with E-state index in [0.29, 0.717) is 6.42 Å². The number of halogens is 1. The number of carbonyl (C=O) groups is 5. The maximum absolute atomic E-state index is 11.5. The Labute approximate surface area is 137 Å². The molecule has 118 valence electrons. The zero-order valence-electron chi connectivity index (χ0n) is 11.9. The lowest BCUT2D eigenvalue weighted by atomic mass is 10.0. The van der Waals surface area contributed by atoms with Crippen LogP contribution in [0.4, 0.5) is 0 Å². The van der Waals surface area contributed by atoms with Crippen molar-refractivity contribution in [2.75, 3.05) is 4.43 Å². The van der Waals surface area contributed by atoms with Gasteiger partial charge in [0.15, 0.2) is 0 Å². The van der Waals surface area contributed by atoms with Gasteiger partial charge in [-0.15, -0.1) is 0 Å². The fourth-order valence-corrected chi connectivity index (χ4v) is 2.20. The predicted molar refractivity (Wildman–Crippen MR) is 85.0 cm³/mol. The number of primary amides is 1. The van der Waals surface area contributed by atoms with Gasteiger partial charge in [-0.1, -0.05) is 22.6 Å². The minimum absolute atomic E-state index is 0.0210. The van der Waals surface area contributed by atoms with Crippen LogP contribution >= 0.6 is 22.6 Å². The largest absolute Gasteiger partial charge is 0.369 e. The van der Waals surface area contributed by atoms with Crippen LogP contribution in [0.3, 0.4) is 0 Å². The fourth-order valence-electron chi connectivity index (χ4n) is 1.60. The van der Waals surface area contributed by atoms with Gasteiger partial charge in [-0.25, -0.2) is 0 Å². The van der Waals surface area contributed by atoms with Crippen molar-refractivity contribution >= 4 is 51.6 Å². The van der Waals surface area contributed by atoms with Crippen LogP contribution in [0.1, 0.15) is 51.4 Å². The molecule has 0 atom stereocenters. The molecule has 0 aliphatic carbocycles. The molecule has 0 rings (SSSR count). The molecule has 6 nitrogen and oxygen atoms in total. The summed E-state index contributed by atoms with van der Waals surface area (Å²) in [5.74, 6) is -1.33. The van der Waals surface area contributed by atoms with E-state index in [4.69, 9.17) is 5.73 Å². The smallest absolute Gasteiger partial charge is 0.224 e. The van der Waals surface area contributed by atoms with Gasteiger partial charge in [0.1, 0.15) is 23.1 Å². The predicted octanol–water partition coefficient (Wildman–Crippen LogP) is 1.30. The summed E-state index contributed by atoms with van der Waals surface area (Å²) >= 11 is 2.10. The third-order valence-corrected chi connectivity index (χ3v) is 3.33. The van der Waals surface area contributed by atoms with E-state index < -0.39 is 5.91 Å². The average molecular weight is 409 g/mol. The summed E-state index contributed by atoms with van der Waals surface area (Å²) in [6.07, 6.45) is 0.678. The Hall–Kier alpha value is -1.12. The molecule has 0 spiro atoms. The lowest BCUT2D eigenvalue weighted by Gasteiger charge is -2.01. The Morgan fingerprint density at radius 1 is 0.619 bits per heavy atom. The third kappa shape index (κ3) is 12.3. The normalized spacial score (nSPS) is 10.1. The zero-order valence-corrected chi connectivity index (χ0v) is 14.0. The van der Waals surface area contributed by atoms with Gasteiger partial charge in [-0.3, -0.25) is 24.0 Å². The molecule has 7 heteroatoms. The topological polar surface area (TPSA) is 111 Å². The number of nitrogens with two attached hydrogens (primary N) is 1. The van der Waals surface area contributed by atoms with E-state index in [0.717, 1.165) is 4.43 Å². The van der Waals surface area contributed by atoms with Gasteiger partial charge < -0.3 is 5.73 Å². The Bertz CT molecular complexity index is 420. The van der Waals surface area contributed by atoms with Crippen molar-refractivity contribution < 1.29 is 24.0 Å². The second-order valence-electron chi connectivity index (χ2n) is 4.74. The van der Waals surface area contributed by atoms with Crippen molar-refractivity contribution in [1.82, 2.24) is 0 Å². The van der Waals surface area contributed by atoms with Crippen molar-refractivity contribution in [3.8, 4) is 0 Å². The van der Waals surface area contributed by atoms with Gasteiger partial charge in [0.2, 0.25) is 5.91 Å². The first-order valence-electron chi connectivity index (χ1n) is 6.76. The molecule has 0 saturated heterocycles. The Balaban J connectivity index is 3.77. The molecule has 0 radical (unpaired) electrons. The number of ketones is 4. The van der Waals surface area contributed by atoms with Gasteiger partial charge >= 0.3 is 0 Å². The molecule has 0 aromatic heterocycles. The van der Waals surface area contributed by atoms with E-state index in [9.17, 15) is 24.0 Å². The van der Waals surface area contributed by atoms with Gasteiger partial charge in [0, 0.05) is 49.4 Å². The molecule has 0 heterocycles. The fraction of sp³-hybridized carbons (Fsp3) is 0.643. The van der Waals surface area contributed by atoms with Crippen LogP contribution in [-0.2, 0) is 24.0 Å². The first kappa shape index (κ1) is 19.9. The molecule has 0 unspecified atom stereocenters. The third-order valence-electron chi connectivity index (χ3n) is 2.79. The molecule has 1 amide bonds. The standard InChI is InChI=1S/C14H20INO5/c15-8-7-12(19)4-3-10(17)1-2-11(18)5-6-13(20)9-14(16)21/h1-9H2,(H2,16,21). The van der Waals surface area contributed by atoms with Crippen molar-refractivity contribution in [1.29, 1.82) is 0 Å². The highest BCUT2D eigenvalue weighted by Gasteiger charge is 2.12. The van der Waals surface area contributed by atoms with Crippen LogP contribution in [0, 0.1) is 0 Å². The van der Waals surface area contributed by atoms with Crippen molar-refractivity contribution in [2.24, 2.45) is 5.73 Å². The van der Waals surface area contributed by atoms with Crippen molar-refractivity contribution in [3.63, 3.8) is 0 Å². The number of hydrogen-bond acceptors (Lipinski definition) is 5. The molecule has 0 aromatic rings. The lowest BCUT2D eigenvalue weighted by molar-refractivity contribution is -0.129. The number of hydrogen-bond donors (Lipinski definition) is 1. The number of amides is 1. The Morgan fingerprint density at radius 2 is 0.952 bits per heavy atom. The summed E-state index contributed by atoms with van der Waals surface area (Å²) in [7, 11) is 0. The average Bonchev–Trinajstić information content (AvgIpc) is 2.40. The SMILES string of the molecule is NC(=O)CC(=O)CCC(=O)CCC(=O)CCC(=O)CCI. The highest BCUT2D eigenvalue weighted by atomic mass is 127. The molecule has 0 aliphatic heterocycles. The Morgan fingerprint density at radius 3 is 1.29 bits per heavy atom. The Kier molecular flexibility index (Phi) is 10.9. The highest BCUT2D eigenvalue weighted by Crippen LogP contribution is 2.06. The van der Waals surface area contributed by atoms with Gasteiger partial charge in [-0.2, -0.15) is 0 Å². The van der Waals surface area contributed by atoms with Crippen LogP contribution in [-0.4, -0.2) is 33.5 Å². The second-order valence-corrected chi connectivity index (χ2v) is 5.82. The van der Waals surface area contributed by atoms with E-state index in [2.05, 4.69) is 22.6 Å². The van der Waals surface area contributed by atoms with E-state index >= 15 is 0 Å². The van der Waals surface area contributed by atoms with Crippen LogP contribution in [0.2, 0.25) is 0 Å². The molecular formula is C14H20INO5. The maximum atomic E-state index is 11.5. The summed E-state index contributed by atoms with van der Waals surface area (Å²) in [6, 6.07) is 0. The quantitative estimate of drug-likeness (QED) is 0.280. The summed E-state index contributed by atoms with van der Waals surface area (Å²) in [5.41, 5.74) is 4.86. The zero-order chi connectivity index (χ0) is 16.3. The molecule has 0 fully saturated rings. The van der Waals surface area contributed by atoms with Gasteiger partial charge in [-0.05, 0) is 0 Å². The van der Waals surface area contributed by atoms with E-state index in [1.807, 2.05) is 0 Å². The van der Waals surface area contributed by atoms with Gasteiger partial charge in [0.25, 0.3) is 0 Å². The monoisotopic (exact) mass is 409 g/mol. The first-order valence-corrected chi connectivity index (χ1v) is 8.28. The first-order chi connectivity index (χ1) is 9.85. The second kappa shape index (κ2) is 11.5. The summed E-state index contributed by atoms with van der Waals surface area (Å²) < 4.78 is 0.739. The van der Waals surface area contributed by atoms with Crippen LogP contribution in [0.25, 0.3) is 0 Å². The van der Waals surface area contributed by atoms with E-state index in [1.165, 1.54) is 0 Å². The molecule has 0 aromatic carbocycles. The number of Topliss-reactive ketones (excluding diaryl/α,β-unsaturated/α-hetero) is 4. The molecule has 0 saturated carbocycles. The van der Waals surface area contributed by atoms with Crippen LogP contribution in [0.5, 0.6) is 0 Å². The molecule has 21 heavy (non-hydrogen) atoms. The number of alkyl halides is 1. The minimum atomic E-state index is -0.709. The molecular weight excluding hydrogens is 389 g/mol. The van der Waals surface area contributed by atoms with Crippen molar-refractivity contribution in [3.05, 3.63) is 0 Å². The summed E-state index contributed by atoms with van der Waals surface area (Å²) in [4.78, 5) is 55.9.